The molecule has 2 rings (SSSR count). The van der Waals surface area contributed by atoms with Crippen molar-refractivity contribution in [3.05, 3.63) is 0 Å². The average molecular weight is 242 g/mol. The molecule has 3 heteroatoms. The van der Waals surface area contributed by atoms with Gasteiger partial charge in [-0.3, -0.25) is 4.90 Å². The van der Waals surface area contributed by atoms with Gasteiger partial charge in [-0.15, -0.1) is 0 Å². The first-order valence-corrected chi connectivity index (χ1v) is 7.17. The van der Waals surface area contributed by atoms with Gasteiger partial charge in [0.2, 0.25) is 0 Å². The van der Waals surface area contributed by atoms with Gasteiger partial charge in [-0.05, 0) is 53.6 Å². The van der Waals surface area contributed by atoms with Gasteiger partial charge >= 0.3 is 0 Å². The molecule has 0 N–H and O–H groups in total. The summed E-state index contributed by atoms with van der Waals surface area (Å²) in [7, 11) is 0. The Morgan fingerprint density at radius 1 is 0.706 bits per heavy atom. The summed E-state index contributed by atoms with van der Waals surface area (Å²) in [6.45, 7) is 15.7. The SMILES string of the molecule is CC(C)N1CCCC1.CC(C)N1CCOCC1. The first-order chi connectivity index (χ1) is 8.11. The third-order valence-corrected chi connectivity index (χ3v) is 3.65. The quantitative estimate of drug-likeness (QED) is 0.738. The van der Waals surface area contributed by atoms with E-state index in [1.807, 2.05) is 0 Å². The van der Waals surface area contributed by atoms with Crippen LogP contribution in [-0.2, 0) is 4.74 Å². The van der Waals surface area contributed by atoms with E-state index < -0.39 is 0 Å². The zero-order chi connectivity index (χ0) is 12.7. The summed E-state index contributed by atoms with van der Waals surface area (Å²) in [5, 5.41) is 0. The van der Waals surface area contributed by atoms with Gasteiger partial charge in [0, 0.05) is 25.2 Å². The Kier molecular flexibility index (Phi) is 7.09. The molecule has 0 saturated carbocycles. The molecule has 0 aromatic carbocycles. The molecule has 0 spiro atoms. The number of ether oxygens (including phenoxy) is 1. The Bertz CT molecular complexity index is 183. The molecule has 102 valence electrons. The van der Waals surface area contributed by atoms with Crippen LogP contribution in [0.4, 0.5) is 0 Å². The maximum atomic E-state index is 5.21. The van der Waals surface area contributed by atoms with Gasteiger partial charge in [-0.2, -0.15) is 0 Å². The lowest BCUT2D eigenvalue weighted by Gasteiger charge is -2.29. The van der Waals surface area contributed by atoms with Gasteiger partial charge in [0.15, 0.2) is 0 Å². The Morgan fingerprint density at radius 2 is 1.12 bits per heavy atom. The van der Waals surface area contributed by atoms with Crippen molar-refractivity contribution >= 4 is 0 Å². The summed E-state index contributed by atoms with van der Waals surface area (Å²) in [5.74, 6) is 0. The Hall–Kier alpha value is -0.120. The van der Waals surface area contributed by atoms with Crippen LogP contribution in [0, 0.1) is 0 Å². The second-order valence-corrected chi connectivity index (χ2v) is 5.58. The van der Waals surface area contributed by atoms with Crippen molar-refractivity contribution in [2.24, 2.45) is 0 Å². The molecule has 2 saturated heterocycles. The maximum Gasteiger partial charge on any atom is 0.0594 e. The second-order valence-electron chi connectivity index (χ2n) is 5.58. The molecule has 0 aliphatic carbocycles. The highest BCUT2D eigenvalue weighted by atomic mass is 16.5. The molecule has 0 atom stereocenters. The number of hydrogen-bond acceptors (Lipinski definition) is 3. The lowest BCUT2D eigenvalue weighted by atomic mass is 10.3. The lowest BCUT2D eigenvalue weighted by Crippen LogP contribution is -2.40. The van der Waals surface area contributed by atoms with Crippen LogP contribution in [0.5, 0.6) is 0 Å². The first kappa shape index (κ1) is 14.9. The van der Waals surface area contributed by atoms with Crippen LogP contribution in [0.15, 0.2) is 0 Å². The molecular formula is C14H30N2O. The van der Waals surface area contributed by atoms with Crippen LogP contribution >= 0.6 is 0 Å². The molecular weight excluding hydrogens is 212 g/mol. The number of rotatable bonds is 2. The van der Waals surface area contributed by atoms with E-state index in [4.69, 9.17) is 4.74 Å². The maximum absolute atomic E-state index is 5.21. The first-order valence-electron chi connectivity index (χ1n) is 7.17. The fourth-order valence-electron chi connectivity index (χ4n) is 2.35. The minimum atomic E-state index is 0.689. The van der Waals surface area contributed by atoms with Crippen molar-refractivity contribution in [3.63, 3.8) is 0 Å². The molecule has 17 heavy (non-hydrogen) atoms. The monoisotopic (exact) mass is 242 g/mol. The third kappa shape index (κ3) is 5.84. The largest absolute Gasteiger partial charge is 0.379 e. The van der Waals surface area contributed by atoms with Crippen molar-refractivity contribution in [1.29, 1.82) is 0 Å². The van der Waals surface area contributed by atoms with Crippen LogP contribution < -0.4 is 0 Å². The fourth-order valence-corrected chi connectivity index (χ4v) is 2.35. The number of nitrogens with zero attached hydrogens (tertiary/aromatic N) is 2. The standard InChI is InChI=1S/C7H15NO.C7H15N/c1-7(2)8-3-5-9-6-4-8;1-7(2)8-5-3-4-6-8/h7H,3-6H2,1-2H3;7H,3-6H2,1-2H3. The highest BCUT2D eigenvalue weighted by molar-refractivity contribution is 4.68. The molecule has 0 unspecified atom stereocenters. The molecule has 2 fully saturated rings. The van der Waals surface area contributed by atoms with Crippen LogP contribution in [0.3, 0.4) is 0 Å². The summed E-state index contributed by atoms with van der Waals surface area (Å²) in [6, 6.07) is 1.46. The molecule has 2 aliphatic heterocycles. The summed E-state index contributed by atoms with van der Waals surface area (Å²) in [4.78, 5) is 4.96. The van der Waals surface area contributed by atoms with Crippen LogP contribution in [0.2, 0.25) is 0 Å². The summed E-state index contributed by atoms with van der Waals surface area (Å²) < 4.78 is 5.21. The highest BCUT2D eigenvalue weighted by Gasteiger charge is 2.13. The fraction of sp³-hybridized carbons (Fsp3) is 1.00. The van der Waals surface area contributed by atoms with E-state index in [2.05, 4.69) is 37.5 Å². The van der Waals surface area contributed by atoms with Crippen molar-refractivity contribution in [2.45, 2.75) is 52.6 Å². The average Bonchev–Trinajstić information content (AvgIpc) is 2.84. The Balaban J connectivity index is 0.000000171. The van der Waals surface area contributed by atoms with Crippen molar-refractivity contribution in [3.8, 4) is 0 Å². The molecule has 3 nitrogen and oxygen atoms in total. The lowest BCUT2D eigenvalue weighted by molar-refractivity contribution is 0.0238. The zero-order valence-electron chi connectivity index (χ0n) is 12.1. The summed E-state index contributed by atoms with van der Waals surface area (Å²) in [5.41, 5.74) is 0. The highest BCUT2D eigenvalue weighted by Crippen LogP contribution is 2.09. The zero-order valence-corrected chi connectivity index (χ0v) is 12.1. The number of morpholine rings is 1. The number of hydrogen-bond donors (Lipinski definition) is 0. The molecule has 0 radical (unpaired) electrons. The molecule has 2 aliphatic rings. The third-order valence-electron chi connectivity index (χ3n) is 3.65. The topological polar surface area (TPSA) is 15.7 Å². The predicted octanol–water partition coefficient (Wildman–Crippen LogP) is 2.22. The van der Waals surface area contributed by atoms with Crippen molar-refractivity contribution in [2.75, 3.05) is 39.4 Å². The second kappa shape index (κ2) is 8.06. The number of likely N-dealkylation sites (tertiary alicyclic amines) is 1. The van der Waals surface area contributed by atoms with E-state index in [-0.39, 0.29) is 0 Å². The Labute approximate surface area is 107 Å². The van der Waals surface area contributed by atoms with Crippen LogP contribution in [0.25, 0.3) is 0 Å². The van der Waals surface area contributed by atoms with Crippen molar-refractivity contribution < 1.29 is 4.74 Å². The Morgan fingerprint density at radius 3 is 1.41 bits per heavy atom. The van der Waals surface area contributed by atoms with Gasteiger partial charge in [0.25, 0.3) is 0 Å². The van der Waals surface area contributed by atoms with E-state index in [1.165, 1.54) is 25.9 Å². The van der Waals surface area contributed by atoms with E-state index in [1.54, 1.807) is 0 Å². The van der Waals surface area contributed by atoms with Gasteiger partial charge in [0.05, 0.1) is 13.2 Å². The molecule has 0 aromatic heterocycles. The minimum absolute atomic E-state index is 0.689. The minimum Gasteiger partial charge on any atom is -0.379 e. The van der Waals surface area contributed by atoms with Crippen molar-refractivity contribution in [1.82, 2.24) is 9.80 Å². The molecule has 0 amide bonds. The van der Waals surface area contributed by atoms with E-state index in [9.17, 15) is 0 Å². The summed E-state index contributed by atoms with van der Waals surface area (Å²) >= 11 is 0. The van der Waals surface area contributed by atoms with Crippen LogP contribution in [0.1, 0.15) is 40.5 Å². The van der Waals surface area contributed by atoms with Gasteiger partial charge in [-0.25, -0.2) is 0 Å². The van der Waals surface area contributed by atoms with Gasteiger partial charge < -0.3 is 9.64 Å². The van der Waals surface area contributed by atoms with Crippen LogP contribution in [-0.4, -0.2) is 61.3 Å². The molecule has 0 bridgehead atoms. The van der Waals surface area contributed by atoms with Gasteiger partial charge in [0.1, 0.15) is 0 Å². The summed E-state index contributed by atoms with van der Waals surface area (Å²) in [6.07, 6.45) is 2.83. The smallest absolute Gasteiger partial charge is 0.0594 e. The van der Waals surface area contributed by atoms with E-state index in [0.717, 1.165) is 32.3 Å². The van der Waals surface area contributed by atoms with Gasteiger partial charge in [-0.1, -0.05) is 0 Å². The predicted molar refractivity (Wildman–Crippen MR) is 73.5 cm³/mol. The normalized spacial score (nSPS) is 22.9. The molecule has 0 aromatic rings. The van der Waals surface area contributed by atoms with E-state index >= 15 is 0 Å². The van der Waals surface area contributed by atoms with E-state index in [0.29, 0.717) is 6.04 Å². The molecule has 2 heterocycles.